The number of nitrogens with zero attached hydrogens (tertiary/aromatic N) is 6. The van der Waals surface area contributed by atoms with Gasteiger partial charge in [0.2, 0.25) is 16.9 Å². The average molecular weight is 382 g/mol. The van der Waals surface area contributed by atoms with Crippen LogP contribution in [0.5, 0.6) is 0 Å². The number of nitriles is 1. The predicted molar refractivity (Wildman–Crippen MR) is 97.9 cm³/mol. The van der Waals surface area contributed by atoms with Crippen LogP contribution < -0.4 is 4.90 Å². The molecule has 0 saturated carbocycles. The lowest BCUT2D eigenvalue weighted by Gasteiger charge is -2.31. The molecular formula is C18H18N6O2S. The van der Waals surface area contributed by atoms with Gasteiger partial charge in [-0.3, -0.25) is 19.5 Å². The van der Waals surface area contributed by atoms with Crippen LogP contribution in [0.4, 0.5) is 5.13 Å². The molecule has 0 aliphatic carbocycles. The van der Waals surface area contributed by atoms with E-state index in [-0.39, 0.29) is 24.2 Å². The molecule has 0 spiro atoms. The highest BCUT2D eigenvalue weighted by atomic mass is 32.1. The second kappa shape index (κ2) is 6.70. The molecule has 27 heavy (non-hydrogen) atoms. The topological polar surface area (TPSA) is 103 Å². The Balaban J connectivity index is 1.50. The molecule has 4 heterocycles. The van der Waals surface area contributed by atoms with E-state index >= 15 is 0 Å². The molecule has 2 aromatic rings. The van der Waals surface area contributed by atoms with Crippen molar-refractivity contribution in [1.82, 2.24) is 20.1 Å². The molecule has 2 aromatic heterocycles. The Morgan fingerprint density at radius 3 is 2.89 bits per heavy atom. The SMILES string of the molecule is Cc1nnc(N2CC(C(=O)N3CCc4c(cnc(C)c4C#N)C3)CC2=O)s1. The van der Waals surface area contributed by atoms with Crippen molar-refractivity contribution in [3.63, 3.8) is 0 Å². The standard InChI is InChI=1S/C18H18N6O2S/c1-10-15(6-19)14-3-4-23(8-13(14)7-20-10)17(26)12-5-16(25)24(9-12)18-22-21-11(2)27-18/h7,12H,3-5,8-9H2,1-2H3. The summed E-state index contributed by atoms with van der Waals surface area (Å²) in [6.45, 7) is 4.97. The number of fused-ring (bicyclic) bond motifs is 1. The molecular weight excluding hydrogens is 364 g/mol. The highest BCUT2D eigenvalue weighted by Gasteiger charge is 2.39. The summed E-state index contributed by atoms with van der Waals surface area (Å²) in [5, 5.41) is 18.7. The molecule has 0 aromatic carbocycles. The molecule has 1 saturated heterocycles. The third kappa shape index (κ3) is 3.06. The number of carbonyl (C=O) groups is 2. The fourth-order valence-electron chi connectivity index (χ4n) is 3.70. The van der Waals surface area contributed by atoms with Gasteiger partial charge in [0.15, 0.2) is 0 Å². The van der Waals surface area contributed by atoms with Crippen LogP contribution in [0.25, 0.3) is 0 Å². The Morgan fingerprint density at radius 1 is 1.37 bits per heavy atom. The maximum atomic E-state index is 13.0. The molecule has 4 rings (SSSR count). The number of pyridine rings is 1. The first-order valence-electron chi connectivity index (χ1n) is 8.74. The van der Waals surface area contributed by atoms with Crippen LogP contribution in [0.1, 0.15) is 33.8 Å². The first-order chi connectivity index (χ1) is 13.0. The monoisotopic (exact) mass is 382 g/mol. The molecule has 9 heteroatoms. The van der Waals surface area contributed by atoms with Crippen molar-refractivity contribution in [2.45, 2.75) is 33.2 Å². The lowest BCUT2D eigenvalue weighted by Crippen LogP contribution is -2.41. The fourth-order valence-corrected chi connectivity index (χ4v) is 4.41. The molecule has 2 aliphatic heterocycles. The van der Waals surface area contributed by atoms with Crippen molar-refractivity contribution in [1.29, 1.82) is 5.26 Å². The maximum absolute atomic E-state index is 13.0. The molecule has 8 nitrogen and oxygen atoms in total. The van der Waals surface area contributed by atoms with Gasteiger partial charge in [-0.05, 0) is 31.4 Å². The third-order valence-corrected chi connectivity index (χ3v) is 5.96. The molecule has 1 unspecified atom stereocenters. The van der Waals surface area contributed by atoms with E-state index in [1.54, 1.807) is 16.0 Å². The molecule has 2 amide bonds. The molecule has 1 atom stereocenters. The summed E-state index contributed by atoms with van der Waals surface area (Å²) in [5.74, 6) is -0.500. The quantitative estimate of drug-likeness (QED) is 0.777. The molecule has 0 radical (unpaired) electrons. The summed E-state index contributed by atoms with van der Waals surface area (Å²) >= 11 is 1.35. The summed E-state index contributed by atoms with van der Waals surface area (Å²) in [6, 6.07) is 2.23. The molecule has 0 bridgehead atoms. The Kier molecular flexibility index (Phi) is 4.36. The van der Waals surface area contributed by atoms with Gasteiger partial charge in [0.25, 0.3) is 0 Å². The predicted octanol–water partition coefficient (Wildman–Crippen LogP) is 1.36. The zero-order valence-electron chi connectivity index (χ0n) is 15.1. The Bertz CT molecular complexity index is 979. The van der Waals surface area contributed by atoms with Crippen molar-refractivity contribution < 1.29 is 9.59 Å². The summed E-state index contributed by atoms with van der Waals surface area (Å²) < 4.78 is 0. The highest BCUT2D eigenvalue weighted by molar-refractivity contribution is 7.15. The number of hydrogen-bond donors (Lipinski definition) is 0. The second-order valence-electron chi connectivity index (χ2n) is 6.85. The fraction of sp³-hybridized carbons (Fsp3) is 0.444. The van der Waals surface area contributed by atoms with Crippen LogP contribution in [0.15, 0.2) is 6.20 Å². The van der Waals surface area contributed by atoms with Gasteiger partial charge in [-0.15, -0.1) is 10.2 Å². The van der Waals surface area contributed by atoms with Gasteiger partial charge in [-0.25, -0.2) is 0 Å². The Labute approximate surface area is 160 Å². The van der Waals surface area contributed by atoms with Crippen LogP contribution in [0, 0.1) is 31.1 Å². The minimum absolute atomic E-state index is 0.0307. The normalized spacial score (nSPS) is 19.1. The number of anilines is 1. The van der Waals surface area contributed by atoms with Gasteiger partial charge in [-0.2, -0.15) is 5.26 Å². The van der Waals surface area contributed by atoms with Gasteiger partial charge in [-0.1, -0.05) is 11.3 Å². The largest absolute Gasteiger partial charge is 0.338 e. The van der Waals surface area contributed by atoms with Gasteiger partial charge in [0.1, 0.15) is 11.1 Å². The molecule has 0 N–H and O–H groups in total. The smallest absolute Gasteiger partial charge is 0.229 e. The zero-order valence-corrected chi connectivity index (χ0v) is 15.9. The number of rotatable bonds is 2. The number of aryl methyl sites for hydroxylation is 2. The first kappa shape index (κ1) is 17.5. The van der Waals surface area contributed by atoms with Crippen LogP contribution in [-0.2, 0) is 22.6 Å². The van der Waals surface area contributed by atoms with Crippen LogP contribution in [0.2, 0.25) is 0 Å². The van der Waals surface area contributed by atoms with Crippen molar-refractivity contribution in [2.24, 2.45) is 5.92 Å². The number of carbonyl (C=O) groups excluding carboxylic acids is 2. The van der Waals surface area contributed by atoms with E-state index in [0.29, 0.717) is 36.8 Å². The minimum Gasteiger partial charge on any atom is -0.338 e. The lowest BCUT2D eigenvalue weighted by molar-refractivity contribution is -0.136. The molecule has 138 valence electrons. The number of hydrogen-bond acceptors (Lipinski definition) is 7. The number of amides is 2. The maximum Gasteiger partial charge on any atom is 0.229 e. The van der Waals surface area contributed by atoms with Crippen LogP contribution in [-0.4, -0.2) is 45.0 Å². The van der Waals surface area contributed by atoms with Crippen LogP contribution in [0.3, 0.4) is 0 Å². The van der Waals surface area contributed by atoms with Crippen molar-refractivity contribution in [3.8, 4) is 6.07 Å². The van der Waals surface area contributed by atoms with E-state index < -0.39 is 0 Å². The van der Waals surface area contributed by atoms with Gasteiger partial charge in [0.05, 0.1) is 17.2 Å². The van der Waals surface area contributed by atoms with E-state index in [0.717, 1.165) is 21.8 Å². The van der Waals surface area contributed by atoms with Crippen molar-refractivity contribution in [3.05, 3.63) is 33.6 Å². The molecule has 1 fully saturated rings. The minimum atomic E-state index is -0.378. The van der Waals surface area contributed by atoms with E-state index in [9.17, 15) is 14.9 Å². The van der Waals surface area contributed by atoms with Crippen LogP contribution >= 0.6 is 11.3 Å². The van der Waals surface area contributed by atoms with E-state index in [1.165, 1.54) is 11.3 Å². The van der Waals surface area contributed by atoms with Gasteiger partial charge >= 0.3 is 0 Å². The second-order valence-corrected chi connectivity index (χ2v) is 8.01. The van der Waals surface area contributed by atoms with Crippen molar-refractivity contribution in [2.75, 3.05) is 18.0 Å². The zero-order chi connectivity index (χ0) is 19.1. The molecule has 2 aliphatic rings. The Hall–Kier alpha value is -2.86. The van der Waals surface area contributed by atoms with Gasteiger partial charge in [0, 0.05) is 32.3 Å². The van der Waals surface area contributed by atoms with Crippen molar-refractivity contribution >= 4 is 28.3 Å². The first-order valence-corrected chi connectivity index (χ1v) is 9.56. The highest BCUT2D eigenvalue weighted by Crippen LogP contribution is 2.30. The summed E-state index contributed by atoms with van der Waals surface area (Å²) in [6.07, 6.45) is 2.57. The van der Waals surface area contributed by atoms with E-state index in [1.807, 2.05) is 13.8 Å². The third-order valence-electron chi connectivity index (χ3n) is 5.10. The van der Waals surface area contributed by atoms with Gasteiger partial charge < -0.3 is 4.90 Å². The summed E-state index contributed by atoms with van der Waals surface area (Å²) in [5.41, 5.74) is 3.24. The average Bonchev–Trinajstić information content (AvgIpc) is 3.26. The van der Waals surface area contributed by atoms with E-state index in [2.05, 4.69) is 21.3 Å². The number of aromatic nitrogens is 3. The summed E-state index contributed by atoms with van der Waals surface area (Å²) in [4.78, 5) is 33.0. The van der Waals surface area contributed by atoms with E-state index in [4.69, 9.17) is 0 Å². The Morgan fingerprint density at radius 2 is 2.19 bits per heavy atom. The summed E-state index contributed by atoms with van der Waals surface area (Å²) in [7, 11) is 0. The lowest BCUT2D eigenvalue weighted by atomic mass is 9.94.